The van der Waals surface area contributed by atoms with Crippen LogP contribution in [0, 0.1) is 0 Å². The number of halogens is 2. The predicted molar refractivity (Wildman–Crippen MR) is 80.6 cm³/mol. The van der Waals surface area contributed by atoms with Crippen LogP contribution in [0.2, 0.25) is 5.02 Å². The van der Waals surface area contributed by atoms with Gasteiger partial charge in [-0.1, -0.05) is 11.6 Å². The highest BCUT2D eigenvalue weighted by Gasteiger charge is 2.09. The van der Waals surface area contributed by atoms with Crippen LogP contribution in [0.5, 0.6) is 5.75 Å². The van der Waals surface area contributed by atoms with E-state index in [1.807, 2.05) is 0 Å². The molecule has 2 rings (SSSR count). The van der Waals surface area contributed by atoms with Gasteiger partial charge in [0.1, 0.15) is 11.6 Å². The van der Waals surface area contributed by atoms with Crippen molar-refractivity contribution in [3.05, 3.63) is 33.9 Å². The van der Waals surface area contributed by atoms with Gasteiger partial charge in [0.05, 0.1) is 17.3 Å². The molecule has 2 aromatic rings. The largest absolute Gasteiger partial charge is 0.495 e. The molecule has 0 aliphatic heterocycles. The van der Waals surface area contributed by atoms with E-state index in [9.17, 15) is 0 Å². The molecule has 0 atom stereocenters. The maximum Gasteiger partial charge on any atom is 0.224 e. The average Bonchev–Trinajstić information content (AvgIpc) is 2.41. The molecular weight excluding hydrogens is 332 g/mol. The first kappa shape index (κ1) is 13.9. The lowest BCUT2D eigenvalue weighted by molar-refractivity contribution is 0.417. The second-order valence-corrected chi connectivity index (χ2v) is 4.90. The highest BCUT2D eigenvalue weighted by atomic mass is 79.9. The van der Waals surface area contributed by atoms with Gasteiger partial charge in [0.2, 0.25) is 5.95 Å². The normalized spacial score (nSPS) is 10.1. The van der Waals surface area contributed by atoms with E-state index < -0.39 is 0 Å². The van der Waals surface area contributed by atoms with Gasteiger partial charge in [-0.25, -0.2) is 4.98 Å². The smallest absolute Gasteiger partial charge is 0.224 e. The maximum absolute atomic E-state index is 5.99. The molecular formula is C12H12BrClN4O. The van der Waals surface area contributed by atoms with Crippen LogP contribution in [0.25, 0.3) is 0 Å². The first-order valence-electron chi connectivity index (χ1n) is 5.45. The summed E-state index contributed by atoms with van der Waals surface area (Å²) in [6.07, 6.45) is 1.66. The van der Waals surface area contributed by atoms with Crippen LogP contribution < -0.4 is 15.4 Å². The van der Waals surface area contributed by atoms with Crippen molar-refractivity contribution in [2.45, 2.75) is 0 Å². The predicted octanol–water partition coefficient (Wildman–Crippen LogP) is 3.69. The first-order chi connectivity index (χ1) is 9.13. The van der Waals surface area contributed by atoms with E-state index in [0.29, 0.717) is 22.5 Å². The van der Waals surface area contributed by atoms with Crippen molar-refractivity contribution < 1.29 is 4.74 Å². The molecule has 1 heterocycles. The van der Waals surface area contributed by atoms with Crippen LogP contribution in [0.15, 0.2) is 28.9 Å². The molecule has 0 saturated carbocycles. The molecule has 0 amide bonds. The number of methoxy groups -OCH3 is 1. The summed E-state index contributed by atoms with van der Waals surface area (Å²) in [6.45, 7) is 0. The minimum atomic E-state index is 0.520. The summed E-state index contributed by atoms with van der Waals surface area (Å²) in [4.78, 5) is 8.41. The van der Waals surface area contributed by atoms with E-state index in [4.69, 9.17) is 16.3 Å². The van der Waals surface area contributed by atoms with Crippen LogP contribution in [0.1, 0.15) is 0 Å². The van der Waals surface area contributed by atoms with Crippen LogP contribution in [0.4, 0.5) is 17.5 Å². The summed E-state index contributed by atoms with van der Waals surface area (Å²) >= 11 is 9.38. The third-order valence-corrected chi connectivity index (χ3v) is 3.20. The van der Waals surface area contributed by atoms with Crippen molar-refractivity contribution in [1.29, 1.82) is 0 Å². The summed E-state index contributed by atoms with van der Waals surface area (Å²) in [7, 11) is 3.36. The monoisotopic (exact) mass is 342 g/mol. The van der Waals surface area contributed by atoms with Gasteiger partial charge in [-0.05, 0) is 34.1 Å². The third-order valence-electron chi connectivity index (χ3n) is 2.38. The van der Waals surface area contributed by atoms with E-state index in [2.05, 4.69) is 36.5 Å². The molecule has 0 radical (unpaired) electrons. The molecule has 1 aromatic heterocycles. The van der Waals surface area contributed by atoms with Crippen LogP contribution in [-0.2, 0) is 0 Å². The molecule has 19 heavy (non-hydrogen) atoms. The summed E-state index contributed by atoms with van der Waals surface area (Å²) in [5.41, 5.74) is 0.733. The van der Waals surface area contributed by atoms with Crippen molar-refractivity contribution in [1.82, 2.24) is 9.97 Å². The van der Waals surface area contributed by atoms with E-state index in [0.717, 1.165) is 10.2 Å². The Balaban J connectivity index is 2.37. The Hall–Kier alpha value is -1.53. The lowest BCUT2D eigenvalue weighted by atomic mass is 10.3. The number of benzene rings is 1. The molecule has 7 heteroatoms. The Labute approximate surface area is 124 Å². The standard InChI is InChI=1S/C12H12BrClN4O/c1-15-12-16-6-8(13)11(18-12)17-9-5-7(14)3-4-10(9)19-2/h3-6H,1-2H3,(H2,15,16,17,18). The van der Waals surface area contributed by atoms with Gasteiger partial charge in [0.25, 0.3) is 0 Å². The molecule has 5 nitrogen and oxygen atoms in total. The number of hydrogen-bond acceptors (Lipinski definition) is 5. The third kappa shape index (κ3) is 3.27. The molecule has 0 aliphatic carbocycles. The Bertz CT molecular complexity index is 594. The second kappa shape index (κ2) is 6.08. The van der Waals surface area contributed by atoms with Crippen molar-refractivity contribution in [3.8, 4) is 5.75 Å². The zero-order chi connectivity index (χ0) is 13.8. The number of nitrogens with one attached hydrogen (secondary N) is 2. The van der Waals surface area contributed by atoms with Crippen molar-refractivity contribution in [3.63, 3.8) is 0 Å². The number of aromatic nitrogens is 2. The molecule has 0 bridgehead atoms. The molecule has 0 saturated heterocycles. The SMILES string of the molecule is CNc1ncc(Br)c(Nc2cc(Cl)ccc2OC)n1. The lowest BCUT2D eigenvalue weighted by Crippen LogP contribution is -2.02. The van der Waals surface area contributed by atoms with Crippen molar-refractivity contribution in [2.75, 3.05) is 24.8 Å². The maximum atomic E-state index is 5.99. The minimum absolute atomic E-state index is 0.520. The molecule has 0 aliphatic rings. The average molecular weight is 344 g/mol. The van der Waals surface area contributed by atoms with E-state index in [1.54, 1.807) is 38.6 Å². The fourth-order valence-corrected chi connectivity index (χ4v) is 1.94. The lowest BCUT2D eigenvalue weighted by Gasteiger charge is -2.12. The Morgan fingerprint density at radius 2 is 2.16 bits per heavy atom. The topological polar surface area (TPSA) is 59.1 Å². The zero-order valence-corrected chi connectivity index (χ0v) is 12.7. The van der Waals surface area contributed by atoms with E-state index in [1.165, 1.54) is 0 Å². The molecule has 0 unspecified atom stereocenters. The second-order valence-electron chi connectivity index (χ2n) is 3.61. The number of ether oxygens (including phenoxy) is 1. The molecule has 100 valence electrons. The fourth-order valence-electron chi connectivity index (χ4n) is 1.48. The molecule has 0 fully saturated rings. The molecule has 0 spiro atoms. The van der Waals surface area contributed by atoms with Crippen LogP contribution in [0.3, 0.4) is 0 Å². The van der Waals surface area contributed by atoms with Crippen LogP contribution >= 0.6 is 27.5 Å². The van der Waals surface area contributed by atoms with Crippen molar-refractivity contribution in [2.24, 2.45) is 0 Å². The highest BCUT2D eigenvalue weighted by molar-refractivity contribution is 9.10. The Morgan fingerprint density at radius 1 is 1.37 bits per heavy atom. The van der Waals surface area contributed by atoms with Crippen LogP contribution in [-0.4, -0.2) is 24.1 Å². The summed E-state index contributed by atoms with van der Waals surface area (Å²) in [5, 5.41) is 6.65. The van der Waals surface area contributed by atoms with Gasteiger partial charge in [0.15, 0.2) is 0 Å². The number of rotatable bonds is 4. The molecule has 1 aromatic carbocycles. The fraction of sp³-hybridized carbons (Fsp3) is 0.167. The number of anilines is 3. The first-order valence-corrected chi connectivity index (χ1v) is 6.62. The van der Waals surface area contributed by atoms with Gasteiger partial charge in [-0.15, -0.1) is 0 Å². The van der Waals surface area contributed by atoms with Gasteiger partial charge >= 0.3 is 0 Å². The number of hydrogen-bond donors (Lipinski definition) is 2. The minimum Gasteiger partial charge on any atom is -0.495 e. The van der Waals surface area contributed by atoms with Gasteiger partial charge < -0.3 is 15.4 Å². The Morgan fingerprint density at radius 3 is 2.84 bits per heavy atom. The van der Waals surface area contributed by atoms with E-state index in [-0.39, 0.29) is 0 Å². The van der Waals surface area contributed by atoms with Gasteiger partial charge in [-0.3, -0.25) is 0 Å². The summed E-state index contributed by atoms with van der Waals surface area (Å²) < 4.78 is 6.02. The quantitative estimate of drug-likeness (QED) is 0.886. The Kier molecular flexibility index (Phi) is 4.44. The summed E-state index contributed by atoms with van der Waals surface area (Å²) in [5.74, 6) is 1.83. The number of nitrogens with zero attached hydrogens (tertiary/aromatic N) is 2. The summed E-state index contributed by atoms with van der Waals surface area (Å²) in [6, 6.07) is 5.33. The highest BCUT2D eigenvalue weighted by Crippen LogP contribution is 2.32. The van der Waals surface area contributed by atoms with E-state index >= 15 is 0 Å². The van der Waals surface area contributed by atoms with Gasteiger partial charge in [-0.2, -0.15) is 4.98 Å². The van der Waals surface area contributed by atoms with Crippen molar-refractivity contribution >= 4 is 45.0 Å². The van der Waals surface area contributed by atoms with Gasteiger partial charge in [0, 0.05) is 18.3 Å². The molecule has 2 N–H and O–H groups in total. The zero-order valence-electron chi connectivity index (χ0n) is 10.4.